The number of fused-ring (bicyclic) bond motifs is 1. The van der Waals surface area contributed by atoms with Gasteiger partial charge in [0.25, 0.3) is 5.56 Å². The topological polar surface area (TPSA) is 72.7 Å². The van der Waals surface area contributed by atoms with Gasteiger partial charge in [-0.25, -0.2) is 4.98 Å². The summed E-state index contributed by atoms with van der Waals surface area (Å²) in [6.07, 6.45) is 4.04. The van der Waals surface area contributed by atoms with E-state index in [1.165, 1.54) is 10.5 Å². The molecule has 140 valence electrons. The molecule has 3 rings (SSSR count). The molecule has 0 aliphatic rings. The number of unbranched alkanes of at least 4 members (excludes halogenated alkanes) is 1. The van der Waals surface area contributed by atoms with Crippen molar-refractivity contribution in [2.75, 3.05) is 5.32 Å². The van der Waals surface area contributed by atoms with Gasteiger partial charge in [-0.3, -0.25) is 14.0 Å². The third kappa shape index (κ3) is 4.73. The Morgan fingerprint density at radius 2 is 2.07 bits per heavy atom. The van der Waals surface area contributed by atoms with Crippen LogP contribution in [0.1, 0.15) is 37.4 Å². The molecule has 0 atom stereocenters. The van der Waals surface area contributed by atoms with E-state index in [1.54, 1.807) is 24.4 Å². The predicted molar refractivity (Wildman–Crippen MR) is 105 cm³/mol. The van der Waals surface area contributed by atoms with Gasteiger partial charge in [0.1, 0.15) is 18.0 Å². The van der Waals surface area contributed by atoms with E-state index in [2.05, 4.69) is 17.2 Å². The van der Waals surface area contributed by atoms with Crippen molar-refractivity contribution in [3.63, 3.8) is 0 Å². The third-order valence-electron chi connectivity index (χ3n) is 4.23. The van der Waals surface area contributed by atoms with Crippen molar-refractivity contribution in [1.82, 2.24) is 9.38 Å². The number of nitrogens with one attached hydrogen (secondary N) is 1. The Balaban J connectivity index is 1.73. The molecule has 0 bridgehead atoms. The average molecular weight is 365 g/mol. The monoisotopic (exact) mass is 365 g/mol. The maximum Gasteiger partial charge on any atom is 0.258 e. The minimum Gasteiger partial charge on any atom is -0.487 e. The van der Waals surface area contributed by atoms with E-state index >= 15 is 0 Å². The van der Waals surface area contributed by atoms with Crippen molar-refractivity contribution in [2.24, 2.45) is 0 Å². The lowest BCUT2D eigenvalue weighted by molar-refractivity contribution is -0.116. The first-order valence-corrected chi connectivity index (χ1v) is 9.07. The van der Waals surface area contributed by atoms with E-state index in [-0.39, 0.29) is 18.1 Å². The van der Waals surface area contributed by atoms with E-state index in [0.717, 1.165) is 18.4 Å². The number of ether oxygens (including phenoxy) is 1. The van der Waals surface area contributed by atoms with Crippen LogP contribution >= 0.6 is 0 Å². The van der Waals surface area contributed by atoms with E-state index < -0.39 is 0 Å². The third-order valence-corrected chi connectivity index (χ3v) is 4.23. The van der Waals surface area contributed by atoms with E-state index in [4.69, 9.17) is 4.74 Å². The second-order valence-electron chi connectivity index (χ2n) is 6.44. The summed E-state index contributed by atoms with van der Waals surface area (Å²) in [6, 6.07) is 12.4. The number of aryl methyl sites for hydroxylation is 1. The maximum atomic E-state index is 12.2. The molecule has 27 heavy (non-hydrogen) atoms. The summed E-state index contributed by atoms with van der Waals surface area (Å²) in [5, 5.41) is 2.89. The molecule has 0 fully saturated rings. The van der Waals surface area contributed by atoms with Gasteiger partial charge in [-0.2, -0.15) is 0 Å². The minimum absolute atomic E-state index is 0.00382. The van der Waals surface area contributed by atoms with Gasteiger partial charge < -0.3 is 10.1 Å². The Morgan fingerprint density at radius 3 is 2.89 bits per heavy atom. The van der Waals surface area contributed by atoms with Gasteiger partial charge in [-0.05, 0) is 37.1 Å². The van der Waals surface area contributed by atoms with Crippen LogP contribution in [0.5, 0.6) is 5.75 Å². The van der Waals surface area contributed by atoms with E-state index in [9.17, 15) is 9.59 Å². The van der Waals surface area contributed by atoms with Crippen LogP contribution in [-0.2, 0) is 11.4 Å². The second-order valence-corrected chi connectivity index (χ2v) is 6.44. The second kappa shape index (κ2) is 8.49. The number of hydrogen-bond donors (Lipinski definition) is 1. The van der Waals surface area contributed by atoms with Crippen molar-refractivity contribution in [3.8, 4) is 5.75 Å². The zero-order valence-electron chi connectivity index (χ0n) is 15.6. The molecule has 1 aromatic carbocycles. The fraction of sp³-hybridized carbons (Fsp3) is 0.286. The summed E-state index contributed by atoms with van der Waals surface area (Å²) in [5.41, 5.74) is 2.63. The van der Waals surface area contributed by atoms with Gasteiger partial charge in [-0.15, -0.1) is 0 Å². The largest absolute Gasteiger partial charge is 0.487 e. The molecule has 1 N–H and O–H groups in total. The number of pyridine rings is 1. The number of nitrogens with zero attached hydrogens (tertiary/aromatic N) is 2. The van der Waals surface area contributed by atoms with Gasteiger partial charge in [0.2, 0.25) is 5.91 Å². The highest BCUT2D eigenvalue weighted by Crippen LogP contribution is 2.23. The molecule has 0 saturated carbocycles. The van der Waals surface area contributed by atoms with Crippen LogP contribution in [0.2, 0.25) is 0 Å². The number of carbonyl (C=O) groups is 1. The zero-order valence-corrected chi connectivity index (χ0v) is 15.6. The summed E-state index contributed by atoms with van der Waals surface area (Å²) in [5.74, 6) is 0.647. The molecule has 6 heteroatoms. The molecule has 2 aromatic heterocycles. The first-order valence-electron chi connectivity index (χ1n) is 9.07. The van der Waals surface area contributed by atoms with Gasteiger partial charge >= 0.3 is 0 Å². The molecule has 6 nitrogen and oxygen atoms in total. The quantitative estimate of drug-likeness (QED) is 0.693. The number of anilines is 1. The molecular weight excluding hydrogens is 342 g/mol. The molecule has 0 radical (unpaired) electrons. The maximum absolute atomic E-state index is 12.2. The van der Waals surface area contributed by atoms with Crippen LogP contribution in [0.3, 0.4) is 0 Å². The Hall–Kier alpha value is -3.15. The minimum atomic E-state index is -0.145. The molecule has 0 aliphatic heterocycles. The van der Waals surface area contributed by atoms with Crippen LogP contribution in [0.15, 0.2) is 53.5 Å². The van der Waals surface area contributed by atoms with E-state index in [1.807, 2.05) is 25.1 Å². The number of carbonyl (C=O) groups excluding carboxylic acids is 1. The van der Waals surface area contributed by atoms with Crippen molar-refractivity contribution < 1.29 is 9.53 Å². The lowest BCUT2D eigenvalue weighted by Crippen LogP contribution is -2.16. The molecule has 2 heterocycles. The normalized spacial score (nSPS) is 10.7. The van der Waals surface area contributed by atoms with Crippen LogP contribution in [0.4, 0.5) is 5.69 Å². The standard InChI is InChI=1S/C21H23N3O3/c1-3-4-8-20(25)23-16-10-9-15(2)18(12-16)27-14-17-13-21(26)24-11-6-5-7-19(24)22-17/h5-7,9-13H,3-4,8,14H2,1-2H3,(H,23,25). The SMILES string of the molecule is CCCCC(=O)Nc1ccc(C)c(OCc2cc(=O)n3ccccc3n2)c1. The summed E-state index contributed by atoms with van der Waals surface area (Å²) < 4.78 is 7.36. The Bertz CT molecular complexity index is 1010. The zero-order chi connectivity index (χ0) is 19.2. The fourth-order valence-electron chi connectivity index (χ4n) is 2.72. The van der Waals surface area contributed by atoms with Crippen molar-refractivity contribution in [3.05, 3.63) is 70.3 Å². The van der Waals surface area contributed by atoms with Gasteiger partial charge in [0.15, 0.2) is 0 Å². The molecule has 0 spiro atoms. The number of rotatable bonds is 7. The Kier molecular flexibility index (Phi) is 5.86. The first-order chi connectivity index (χ1) is 13.1. The summed E-state index contributed by atoms with van der Waals surface area (Å²) in [7, 11) is 0. The number of amides is 1. The highest BCUT2D eigenvalue weighted by Gasteiger charge is 2.07. The smallest absolute Gasteiger partial charge is 0.258 e. The van der Waals surface area contributed by atoms with Gasteiger partial charge in [-0.1, -0.05) is 25.5 Å². The van der Waals surface area contributed by atoms with Crippen LogP contribution in [-0.4, -0.2) is 15.3 Å². The molecular formula is C21H23N3O3. The first kappa shape index (κ1) is 18.6. The van der Waals surface area contributed by atoms with Gasteiger partial charge in [0, 0.05) is 30.4 Å². The van der Waals surface area contributed by atoms with Gasteiger partial charge in [0.05, 0.1) is 5.69 Å². The van der Waals surface area contributed by atoms with E-state index in [0.29, 0.717) is 29.2 Å². The highest BCUT2D eigenvalue weighted by molar-refractivity contribution is 5.90. The number of aromatic nitrogens is 2. The predicted octanol–water partition coefficient (Wildman–Crippen LogP) is 3.71. The van der Waals surface area contributed by atoms with Crippen molar-refractivity contribution in [2.45, 2.75) is 39.7 Å². The summed E-state index contributed by atoms with van der Waals surface area (Å²) in [6.45, 7) is 4.16. The molecule has 3 aromatic rings. The lowest BCUT2D eigenvalue weighted by Gasteiger charge is -2.12. The van der Waals surface area contributed by atoms with Crippen molar-refractivity contribution in [1.29, 1.82) is 0 Å². The number of benzene rings is 1. The molecule has 0 aliphatic carbocycles. The average Bonchev–Trinajstić information content (AvgIpc) is 2.67. The molecule has 0 saturated heterocycles. The summed E-state index contributed by atoms with van der Waals surface area (Å²) in [4.78, 5) is 28.5. The van der Waals surface area contributed by atoms with Crippen LogP contribution in [0, 0.1) is 6.92 Å². The van der Waals surface area contributed by atoms with Crippen molar-refractivity contribution >= 4 is 17.2 Å². The molecule has 1 amide bonds. The summed E-state index contributed by atoms with van der Waals surface area (Å²) >= 11 is 0. The number of hydrogen-bond acceptors (Lipinski definition) is 4. The molecule has 0 unspecified atom stereocenters. The Morgan fingerprint density at radius 1 is 1.22 bits per heavy atom. The Labute approximate surface area is 157 Å². The van der Waals surface area contributed by atoms with Crippen LogP contribution < -0.4 is 15.6 Å². The fourth-order valence-corrected chi connectivity index (χ4v) is 2.72. The van der Waals surface area contributed by atoms with Crippen LogP contribution in [0.25, 0.3) is 5.65 Å². The highest BCUT2D eigenvalue weighted by atomic mass is 16.5. The lowest BCUT2D eigenvalue weighted by atomic mass is 10.2.